The molecular formula is C22H22Cl4N2O3S. The van der Waals surface area contributed by atoms with Crippen LogP contribution in [-0.2, 0) is 29.6 Å². The van der Waals surface area contributed by atoms with Crippen LogP contribution in [0.25, 0.3) is 0 Å². The van der Waals surface area contributed by atoms with Crippen molar-refractivity contribution in [3.8, 4) is 5.75 Å². The van der Waals surface area contributed by atoms with Gasteiger partial charge in [-0.3, -0.25) is 0 Å². The lowest BCUT2D eigenvalue weighted by Gasteiger charge is -2.14. The summed E-state index contributed by atoms with van der Waals surface area (Å²) in [4.78, 5) is 0.103. The third kappa shape index (κ3) is 7.81. The number of nitrogens with two attached hydrogens (primary N) is 1. The zero-order valence-corrected chi connectivity index (χ0v) is 20.8. The molecule has 0 heterocycles. The second-order valence-corrected chi connectivity index (χ2v) is 9.73. The van der Waals surface area contributed by atoms with Crippen LogP contribution in [0.4, 0.5) is 0 Å². The van der Waals surface area contributed by atoms with Gasteiger partial charge in [0, 0.05) is 32.7 Å². The quantitative estimate of drug-likeness (QED) is 0.348. The Morgan fingerprint density at radius 3 is 2.19 bits per heavy atom. The van der Waals surface area contributed by atoms with Crippen molar-refractivity contribution in [1.29, 1.82) is 0 Å². The highest BCUT2D eigenvalue weighted by Crippen LogP contribution is 2.26. The lowest BCUT2D eigenvalue weighted by Crippen LogP contribution is -2.17. The number of nitrogens with one attached hydrogen (secondary N) is 1. The Balaban J connectivity index is 0.00000363. The van der Waals surface area contributed by atoms with Crippen molar-refractivity contribution in [3.63, 3.8) is 0 Å². The molecule has 3 N–H and O–H groups in total. The molecule has 0 spiro atoms. The van der Waals surface area contributed by atoms with Gasteiger partial charge in [0.15, 0.2) is 0 Å². The first kappa shape index (κ1) is 26.7. The molecule has 0 fully saturated rings. The molecule has 10 heteroatoms. The van der Waals surface area contributed by atoms with Gasteiger partial charge in [-0.05, 0) is 61.0 Å². The van der Waals surface area contributed by atoms with Gasteiger partial charge in [-0.2, -0.15) is 0 Å². The molecule has 0 radical (unpaired) electrons. The summed E-state index contributed by atoms with van der Waals surface area (Å²) < 4.78 is 28.6. The molecule has 0 aliphatic carbocycles. The van der Waals surface area contributed by atoms with Crippen LogP contribution in [0.15, 0.2) is 65.6 Å². The zero-order valence-electron chi connectivity index (χ0n) is 16.9. The number of hydrogen-bond acceptors (Lipinski definition) is 4. The van der Waals surface area contributed by atoms with E-state index in [1.165, 1.54) is 12.1 Å². The fraction of sp³-hybridized carbons (Fsp3) is 0.182. The molecule has 0 bridgehead atoms. The highest BCUT2D eigenvalue weighted by molar-refractivity contribution is 7.89. The number of benzene rings is 3. The third-order valence-electron chi connectivity index (χ3n) is 4.58. The van der Waals surface area contributed by atoms with Crippen LogP contribution in [0.3, 0.4) is 0 Å². The van der Waals surface area contributed by atoms with E-state index < -0.39 is 10.0 Å². The van der Waals surface area contributed by atoms with E-state index in [0.29, 0.717) is 40.5 Å². The molecule has 0 saturated heterocycles. The summed E-state index contributed by atoms with van der Waals surface area (Å²) in [6.07, 6.45) is 0.724. The van der Waals surface area contributed by atoms with Gasteiger partial charge in [0.05, 0.1) is 4.90 Å². The van der Waals surface area contributed by atoms with E-state index in [4.69, 9.17) is 44.7 Å². The summed E-state index contributed by atoms with van der Waals surface area (Å²) >= 11 is 18.3. The minimum absolute atomic E-state index is 0. The van der Waals surface area contributed by atoms with E-state index in [1.807, 2.05) is 18.2 Å². The second kappa shape index (κ2) is 12.1. The Bertz CT molecular complexity index is 1160. The summed E-state index contributed by atoms with van der Waals surface area (Å²) in [6, 6.07) is 17.3. The molecule has 3 aromatic carbocycles. The van der Waals surface area contributed by atoms with Crippen LogP contribution in [0, 0.1) is 0 Å². The molecule has 5 nitrogen and oxygen atoms in total. The Hall–Kier alpha value is -1.51. The number of sulfonamides is 1. The van der Waals surface area contributed by atoms with Crippen LogP contribution in [0.5, 0.6) is 5.75 Å². The lowest BCUT2D eigenvalue weighted by molar-refractivity contribution is 0.302. The number of rotatable bonds is 9. The minimum atomic E-state index is -3.68. The maximum Gasteiger partial charge on any atom is 0.238 e. The third-order valence-corrected chi connectivity index (χ3v) is 6.33. The van der Waals surface area contributed by atoms with Crippen molar-refractivity contribution < 1.29 is 13.2 Å². The summed E-state index contributed by atoms with van der Waals surface area (Å²) in [6.45, 7) is 1.55. The lowest BCUT2D eigenvalue weighted by atomic mass is 10.1. The van der Waals surface area contributed by atoms with E-state index in [9.17, 15) is 8.42 Å². The van der Waals surface area contributed by atoms with Crippen molar-refractivity contribution in [2.24, 2.45) is 5.14 Å². The van der Waals surface area contributed by atoms with E-state index in [0.717, 1.165) is 23.1 Å². The van der Waals surface area contributed by atoms with Gasteiger partial charge < -0.3 is 10.1 Å². The minimum Gasteiger partial charge on any atom is -0.489 e. The molecule has 0 aromatic heterocycles. The standard InChI is InChI=1S/C22H21Cl3N2O3S.ClH/c23-18-5-8-22(30-14-16-3-4-19(24)12-21(16)25)17(11-18)13-27-10-9-15-1-6-20(7-2-15)31(26,28)29;/h1-8,11-12,27H,9-10,13-14H2,(H2,26,28,29);1H. The summed E-state index contributed by atoms with van der Waals surface area (Å²) in [5.74, 6) is 0.709. The molecule has 3 aromatic rings. The van der Waals surface area contributed by atoms with Gasteiger partial charge in [0.1, 0.15) is 12.4 Å². The van der Waals surface area contributed by atoms with Crippen LogP contribution in [0.2, 0.25) is 15.1 Å². The number of hydrogen-bond donors (Lipinski definition) is 2. The molecule has 0 saturated carbocycles. The molecule has 0 atom stereocenters. The van der Waals surface area contributed by atoms with Crippen molar-refractivity contribution in [1.82, 2.24) is 5.32 Å². The number of ether oxygens (including phenoxy) is 1. The van der Waals surface area contributed by atoms with E-state index in [-0.39, 0.29) is 17.3 Å². The van der Waals surface area contributed by atoms with E-state index in [1.54, 1.807) is 30.3 Å². The molecule has 0 aliphatic rings. The van der Waals surface area contributed by atoms with E-state index >= 15 is 0 Å². The highest BCUT2D eigenvalue weighted by Gasteiger charge is 2.09. The molecule has 0 unspecified atom stereocenters. The first-order chi connectivity index (χ1) is 14.7. The highest BCUT2D eigenvalue weighted by atomic mass is 35.5. The Morgan fingerprint density at radius 2 is 1.53 bits per heavy atom. The fourth-order valence-corrected chi connectivity index (χ4v) is 4.10. The van der Waals surface area contributed by atoms with Gasteiger partial charge in [-0.15, -0.1) is 12.4 Å². The normalized spacial score (nSPS) is 11.1. The van der Waals surface area contributed by atoms with Crippen molar-refractivity contribution in [3.05, 3.63) is 92.4 Å². The largest absolute Gasteiger partial charge is 0.489 e. The molecule has 3 rings (SSSR count). The van der Waals surface area contributed by atoms with Crippen molar-refractivity contribution in [2.45, 2.75) is 24.5 Å². The molecule has 172 valence electrons. The average Bonchev–Trinajstić information content (AvgIpc) is 2.71. The molecule has 32 heavy (non-hydrogen) atoms. The summed E-state index contributed by atoms with van der Waals surface area (Å²) in [7, 11) is -3.68. The maximum absolute atomic E-state index is 11.3. The van der Waals surface area contributed by atoms with Gasteiger partial charge in [-0.1, -0.05) is 53.0 Å². The topological polar surface area (TPSA) is 81.4 Å². The van der Waals surface area contributed by atoms with Gasteiger partial charge >= 0.3 is 0 Å². The number of halogens is 4. The summed E-state index contributed by atoms with van der Waals surface area (Å²) in [5, 5.41) is 10.2. The predicted molar refractivity (Wildman–Crippen MR) is 133 cm³/mol. The first-order valence-electron chi connectivity index (χ1n) is 9.40. The smallest absolute Gasteiger partial charge is 0.238 e. The number of primary sulfonamides is 1. The molecule has 0 amide bonds. The van der Waals surface area contributed by atoms with Crippen LogP contribution in [0.1, 0.15) is 16.7 Å². The van der Waals surface area contributed by atoms with Crippen LogP contribution >= 0.6 is 47.2 Å². The Labute approximate surface area is 209 Å². The van der Waals surface area contributed by atoms with Crippen molar-refractivity contribution in [2.75, 3.05) is 6.54 Å². The SMILES string of the molecule is Cl.NS(=O)(=O)c1ccc(CCNCc2cc(Cl)ccc2OCc2ccc(Cl)cc2Cl)cc1. The van der Waals surface area contributed by atoms with E-state index in [2.05, 4.69) is 5.32 Å². The Morgan fingerprint density at radius 1 is 0.875 bits per heavy atom. The maximum atomic E-state index is 11.3. The van der Waals surface area contributed by atoms with Crippen LogP contribution in [-0.4, -0.2) is 15.0 Å². The monoisotopic (exact) mass is 534 g/mol. The Kier molecular flexibility index (Phi) is 10.1. The fourth-order valence-electron chi connectivity index (χ4n) is 2.92. The zero-order chi connectivity index (χ0) is 22.4. The second-order valence-electron chi connectivity index (χ2n) is 6.89. The molecular weight excluding hydrogens is 514 g/mol. The van der Waals surface area contributed by atoms with Gasteiger partial charge in [0.25, 0.3) is 0 Å². The van der Waals surface area contributed by atoms with Gasteiger partial charge in [-0.25, -0.2) is 13.6 Å². The molecule has 0 aliphatic heterocycles. The van der Waals surface area contributed by atoms with Crippen molar-refractivity contribution >= 4 is 57.2 Å². The van der Waals surface area contributed by atoms with Gasteiger partial charge in [0.2, 0.25) is 10.0 Å². The average molecular weight is 536 g/mol. The predicted octanol–water partition coefficient (Wildman–Crippen LogP) is 5.63. The first-order valence-corrected chi connectivity index (χ1v) is 12.1. The summed E-state index contributed by atoms with van der Waals surface area (Å²) in [5.41, 5.74) is 2.75. The van der Waals surface area contributed by atoms with Crippen LogP contribution < -0.4 is 15.2 Å².